The van der Waals surface area contributed by atoms with Crippen molar-refractivity contribution < 1.29 is 14.3 Å². The van der Waals surface area contributed by atoms with Gasteiger partial charge >= 0.3 is 0 Å². The van der Waals surface area contributed by atoms with Gasteiger partial charge in [0.15, 0.2) is 0 Å². The van der Waals surface area contributed by atoms with Gasteiger partial charge < -0.3 is 15.0 Å². The first-order chi connectivity index (χ1) is 10.1. The van der Waals surface area contributed by atoms with Gasteiger partial charge in [0.05, 0.1) is 18.6 Å². The first-order valence-corrected chi connectivity index (χ1v) is 8.26. The van der Waals surface area contributed by atoms with Crippen molar-refractivity contribution in [3.05, 3.63) is 0 Å². The number of carbonyl (C=O) groups is 2. The minimum atomic E-state index is -0.0534. The van der Waals surface area contributed by atoms with Crippen LogP contribution < -0.4 is 5.32 Å². The van der Waals surface area contributed by atoms with E-state index >= 15 is 0 Å². The maximum atomic E-state index is 12.2. The fraction of sp³-hybridized carbons (Fsp3) is 0.875. The summed E-state index contributed by atoms with van der Waals surface area (Å²) in [5.74, 6) is 0.245. The topological polar surface area (TPSA) is 58.6 Å². The van der Waals surface area contributed by atoms with Crippen LogP contribution in [0, 0.1) is 5.92 Å². The molecule has 1 N–H and O–H groups in total. The van der Waals surface area contributed by atoms with Crippen LogP contribution in [0.3, 0.4) is 0 Å². The molecule has 21 heavy (non-hydrogen) atoms. The molecule has 2 rings (SSSR count). The van der Waals surface area contributed by atoms with E-state index in [0.717, 1.165) is 12.8 Å². The Morgan fingerprint density at radius 1 is 1.33 bits per heavy atom. The van der Waals surface area contributed by atoms with Gasteiger partial charge in [-0.2, -0.15) is 0 Å². The van der Waals surface area contributed by atoms with Crippen LogP contribution in [0.4, 0.5) is 0 Å². The first kappa shape index (κ1) is 16.3. The van der Waals surface area contributed by atoms with Crippen LogP contribution in [0.2, 0.25) is 0 Å². The number of hydrogen-bond donors (Lipinski definition) is 1. The molecule has 2 fully saturated rings. The summed E-state index contributed by atoms with van der Waals surface area (Å²) in [7, 11) is 0. The normalized spacial score (nSPS) is 23.9. The number of likely N-dealkylation sites (tertiary alicyclic amines) is 1. The Balaban J connectivity index is 1.77. The zero-order valence-corrected chi connectivity index (χ0v) is 13.3. The van der Waals surface area contributed by atoms with Crippen LogP contribution in [0.1, 0.15) is 52.4 Å². The summed E-state index contributed by atoms with van der Waals surface area (Å²) in [5, 5.41) is 2.93. The summed E-state index contributed by atoms with van der Waals surface area (Å²) < 4.78 is 5.42. The van der Waals surface area contributed by atoms with Gasteiger partial charge in [0.25, 0.3) is 0 Å². The Kier molecular flexibility index (Phi) is 6.03. The van der Waals surface area contributed by atoms with Crippen LogP contribution in [0.5, 0.6) is 0 Å². The fourth-order valence-electron chi connectivity index (χ4n) is 3.27. The van der Waals surface area contributed by atoms with Crippen LogP contribution in [-0.2, 0) is 14.3 Å². The molecule has 0 aromatic heterocycles. The quantitative estimate of drug-likeness (QED) is 0.759. The highest BCUT2D eigenvalue weighted by Gasteiger charge is 2.34. The second-order valence-corrected chi connectivity index (χ2v) is 6.43. The van der Waals surface area contributed by atoms with Crippen molar-refractivity contribution in [1.82, 2.24) is 10.2 Å². The molecule has 0 bridgehead atoms. The van der Waals surface area contributed by atoms with Crippen molar-refractivity contribution >= 4 is 11.8 Å². The largest absolute Gasteiger partial charge is 0.377 e. The second-order valence-electron chi connectivity index (χ2n) is 6.43. The van der Waals surface area contributed by atoms with Gasteiger partial charge in [-0.1, -0.05) is 12.8 Å². The summed E-state index contributed by atoms with van der Waals surface area (Å²) in [4.78, 5) is 26.2. The minimum absolute atomic E-state index is 0.0534. The van der Waals surface area contributed by atoms with E-state index in [4.69, 9.17) is 4.74 Å². The lowest BCUT2D eigenvalue weighted by atomic mass is 9.95. The van der Waals surface area contributed by atoms with Gasteiger partial charge in [-0.05, 0) is 33.1 Å². The molecule has 0 aromatic rings. The fourth-order valence-corrected chi connectivity index (χ4v) is 3.27. The number of amides is 2. The SMILES string of the molecule is CC(C)OCCNC(=O)C1CCC(=O)N(C2CCCC2)C1. The molecule has 0 spiro atoms. The molecule has 1 aliphatic carbocycles. The van der Waals surface area contributed by atoms with Crippen molar-refractivity contribution in [2.24, 2.45) is 5.92 Å². The molecule has 1 saturated heterocycles. The molecular formula is C16H28N2O3. The number of carbonyl (C=O) groups excluding carboxylic acids is 2. The highest BCUT2D eigenvalue weighted by molar-refractivity contribution is 5.84. The Labute approximate surface area is 127 Å². The lowest BCUT2D eigenvalue weighted by Gasteiger charge is -2.36. The number of nitrogens with one attached hydrogen (secondary N) is 1. The number of rotatable bonds is 6. The van der Waals surface area contributed by atoms with Gasteiger partial charge in [-0.3, -0.25) is 9.59 Å². The zero-order chi connectivity index (χ0) is 15.2. The Hall–Kier alpha value is -1.10. The molecule has 0 radical (unpaired) electrons. The second kappa shape index (κ2) is 7.78. The number of hydrogen-bond acceptors (Lipinski definition) is 3. The van der Waals surface area contributed by atoms with Crippen molar-refractivity contribution in [1.29, 1.82) is 0 Å². The third-order valence-corrected chi connectivity index (χ3v) is 4.43. The van der Waals surface area contributed by atoms with Crippen LogP contribution >= 0.6 is 0 Å². The standard InChI is InChI=1S/C16H28N2O3/c1-12(2)21-10-9-17-16(20)13-7-8-15(19)18(11-13)14-5-3-4-6-14/h12-14H,3-11H2,1-2H3,(H,17,20). The van der Waals surface area contributed by atoms with Crippen LogP contribution in [-0.4, -0.2) is 48.6 Å². The lowest BCUT2D eigenvalue weighted by molar-refractivity contribution is -0.140. The number of ether oxygens (including phenoxy) is 1. The van der Waals surface area contributed by atoms with Crippen molar-refractivity contribution in [2.75, 3.05) is 19.7 Å². The van der Waals surface area contributed by atoms with Crippen LogP contribution in [0.15, 0.2) is 0 Å². The number of nitrogens with zero attached hydrogens (tertiary/aromatic N) is 1. The molecular weight excluding hydrogens is 268 g/mol. The summed E-state index contributed by atoms with van der Waals surface area (Å²) >= 11 is 0. The Morgan fingerprint density at radius 2 is 2.05 bits per heavy atom. The third-order valence-electron chi connectivity index (χ3n) is 4.43. The molecule has 0 aromatic carbocycles. The van der Waals surface area contributed by atoms with Crippen molar-refractivity contribution in [3.8, 4) is 0 Å². The molecule has 1 aliphatic heterocycles. The van der Waals surface area contributed by atoms with E-state index in [0.29, 0.717) is 38.6 Å². The molecule has 2 amide bonds. The van der Waals surface area contributed by atoms with Crippen molar-refractivity contribution in [3.63, 3.8) is 0 Å². The van der Waals surface area contributed by atoms with Gasteiger partial charge in [-0.15, -0.1) is 0 Å². The Bertz CT molecular complexity index is 365. The average molecular weight is 296 g/mol. The first-order valence-electron chi connectivity index (χ1n) is 8.26. The molecule has 1 heterocycles. The molecule has 120 valence electrons. The molecule has 1 atom stereocenters. The summed E-state index contributed by atoms with van der Waals surface area (Å²) in [6, 6.07) is 0.373. The predicted molar refractivity (Wildman–Crippen MR) is 80.8 cm³/mol. The van der Waals surface area contributed by atoms with Gasteiger partial charge in [-0.25, -0.2) is 0 Å². The van der Waals surface area contributed by atoms with E-state index < -0.39 is 0 Å². The Morgan fingerprint density at radius 3 is 2.71 bits per heavy atom. The third kappa shape index (κ3) is 4.70. The summed E-state index contributed by atoms with van der Waals surface area (Å²) in [5.41, 5.74) is 0. The summed E-state index contributed by atoms with van der Waals surface area (Å²) in [6.07, 6.45) is 5.99. The maximum Gasteiger partial charge on any atom is 0.224 e. The molecule has 1 saturated carbocycles. The van der Waals surface area contributed by atoms with E-state index in [-0.39, 0.29) is 23.8 Å². The molecule has 2 aliphatic rings. The van der Waals surface area contributed by atoms with E-state index in [1.54, 1.807) is 0 Å². The van der Waals surface area contributed by atoms with Crippen molar-refractivity contribution in [2.45, 2.75) is 64.5 Å². The monoisotopic (exact) mass is 296 g/mol. The van der Waals surface area contributed by atoms with E-state index in [9.17, 15) is 9.59 Å². The highest BCUT2D eigenvalue weighted by atomic mass is 16.5. The molecule has 5 heteroatoms. The maximum absolute atomic E-state index is 12.2. The van der Waals surface area contributed by atoms with E-state index in [1.807, 2.05) is 18.7 Å². The summed E-state index contributed by atoms with van der Waals surface area (Å²) in [6.45, 7) is 5.65. The van der Waals surface area contributed by atoms with Gasteiger partial charge in [0.2, 0.25) is 11.8 Å². The molecule has 1 unspecified atom stereocenters. The lowest BCUT2D eigenvalue weighted by Crippen LogP contribution is -2.49. The average Bonchev–Trinajstić information content (AvgIpc) is 2.97. The smallest absolute Gasteiger partial charge is 0.224 e. The number of piperidine rings is 1. The van der Waals surface area contributed by atoms with Gasteiger partial charge in [0, 0.05) is 25.6 Å². The minimum Gasteiger partial charge on any atom is -0.377 e. The zero-order valence-electron chi connectivity index (χ0n) is 13.3. The van der Waals surface area contributed by atoms with Gasteiger partial charge in [0.1, 0.15) is 0 Å². The van der Waals surface area contributed by atoms with Crippen LogP contribution in [0.25, 0.3) is 0 Å². The molecule has 5 nitrogen and oxygen atoms in total. The highest BCUT2D eigenvalue weighted by Crippen LogP contribution is 2.28. The predicted octanol–water partition coefficient (Wildman–Crippen LogP) is 1.71. The van der Waals surface area contributed by atoms with E-state index in [1.165, 1.54) is 12.8 Å². The van der Waals surface area contributed by atoms with E-state index in [2.05, 4.69) is 5.32 Å².